The van der Waals surface area contributed by atoms with Gasteiger partial charge in [-0.1, -0.05) is 71.2 Å². The number of ether oxygens (including phenoxy) is 4. The topological polar surface area (TPSA) is 180 Å². The van der Waals surface area contributed by atoms with Crippen LogP contribution < -0.4 is 24.3 Å². The molecule has 12 nitrogen and oxygen atoms in total. The number of aliphatic carboxylic acids is 1. The maximum Gasteiger partial charge on any atom is 0.326 e. The van der Waals surface area contributed by atoms with Gasteiger partial charge in [0, 0.05) is 60.2 Å². The highest BCUT2D eigenvalue weighted by molar-refractivity contribution is 6.36. The number of carboxylic acids is 1. The summed E-state index contributed by atoms with van der Waals surface area (Å²) < 4.78 is 24.7. The third-order valence-corrected chi connectivity index (χ3v) is 11.0. The van der Waals surface area contributed by atoms with Gasteiger partial charge in [-0.3, -0.25) is 20.1 Å². The summed E-state index contributed by atoms with van der Waals surface area (Å²) >= 11 is 19.8. The summed E-state index contributed by atoms with van der Waals surface area (Å²) in [6.45, 7) is 5.34. The van der Waals surface area contributed by atoms with Crippen molar-refractivity contribution < 1.29 is 34.0 Å². The van der Waals surface area contributed by atoms with Crippen LogP contribution in [0.2, 0.25) is 15.1 Å². The Morgan fingerprint density at radius 2 is 1.11 bits per heavy atom. The molecular formula is C47H40Cl3N5O7. The third kappa shape index (κ3) is 10.9. The van der Waals surface area contributed by atoms with Gasteiger partial charge in [-0.2, -0.15) is 10.5 Å². The average Bonchev–Trinajstić information content (AvgIpc) is 3.27. The molecule has 0 saturated heterocycles. The van der Waals surface area contributed by atoms with E-state index in [1.54, 1.807) is 48.8 Å². The SMILES string of the molecule is Cc1c(COc2cc(OCc3cncc(C#N)c3)c(Cl)cc2Cl)cccc1-c1cccc(COc2cc(OCc3cncc(C#N)c3)c(CN[C@](C)(CO)C(=O)O)cc2Cl)c1C. The van der Waals surface area contributed by atoms with Gasteiger partial charge in [0.25, 0.3) is 0 Å². The fourth-order valence-corrected chi connectivity index (χ4v) is 7.07. The van der Waals surface area contributed by atoms with Gasteiger partial charge in [-0.25, -0.2) is 0 Å². The Kier molecular flexibility index (Phi) is 14.9. The van der Waals surface area contributed by atoms with Gasteiger partial charge in [0.15, 0.2) is 0 Å². The Morgan fingerprint density at radius 1 is 0.661 bits per heavy atom. The first-order chi connectivity index (χ1) is 29.8. The fourth-order valence-electron chi connectivity index (χ4n) is 6.33. The smallest absolute Gasteiger partial charge is 0.326 e. The number of nitrogens with zero attached hydrogens (tertiary/aromatic N) is 4. The zero-order valence-electron chi connectivity index (χ0n) is 33.8. The third-order valence-electron chi connectivity index (χ3n) is 10.1. The van der Waals surface area contributed by atoms with Crippen LogP contribution in [0.4, 0.5) is 0 Å². The lowest BCUT2D eigenvalue weighted by Gasteiger charge is -2.25. The predicted molar refractivity (Wildman–Crippen MR) is 234 cm³/mol. The number of aromatic nitrogens is 2. The van der Waals surface area contributed by atoms with Crippen LogP contribution in [0.3, 0.4) is 0 Å². The van der Waals surface area contributed by atoms with Crippen LogP contribution in [0.25, 0.3) is 11.1 Å². The van der Waals surface area contributed by atoms with E-state index in [1.807, 2.05) is 50.2 Å². The molecule has 4 aromatic carbocycles. The minimum atomic E-state index is -1.62. The lowest BCUT2D eigenvalue weighted by Crippen LogP contribution is -2.52. The van der Waals surface area contributed by atoms with Crippen LogP contribution in [0, 0.1) is 36.5 Å². The normalized spacial score (nSPS) is 11.8. The summed E-state index contributed by atoms with van der Waals surface area (Å²) in [4.78, 5) is 20.0. The number of hydrogen-bond acceptors (Lipinski definition) is 11. The van der Waals surface area contributed by atoms with Crippen LogP contribution in [-0.2, 0) is 37.8 Å². The minimum Gasteiger partial charge on any atom is -0.488 e. The summed E-state index contributed by atoms with van der Waals surface area (Å²) in [7, 11) is 0. The number of aliphatic hydroxyl groups is 1. The highest BCUT2D eigenvalue weighted by atomic mass is 35.5. The number of pyridine rings is 2. The maximum atomic E-state index is 11.9. The fraction of sp³-hybridized carbons (Fsp3) is 0.213. The molecule has 62 heavy (non-hydrogen) atoms. The number of nitrogens with one attached hydrogen (secondary N) is 1. The van der Waals surface area contributed by atoms with Crippen molar-refractivity contribution >= 4 is 40.8 Å². The molecule has 0 amide bonds. The molecule has 0 spiro atoms. The molecule has 6 aromatic rings. The Balaban J connectivity index is 1.19. The molecule has 0 aliphatic carbocycles. The first-order valence-electron chi connectivity index (χ1n) is 19.1. The molecule has 0 saturated carbocycles. The maximum absolute atomic E-state index is 11.9. The van der Waals surface area contributed by atoms with Gasteiger partial charge in [0.1, 0.15) is 67.1 Å². The van der Waals surface area contributed by atoms with Gasteiger partial charge in [0.05, 0.1) is 32.8 Å². The molecule has 6 rings (SSSR count). The van der Waals surface area contributed by atoms with E-state index in [9.17, 15) is 25.5 Å². The van der Waals surface area contributed by atoms with E-state index in [2.05, 4.69) is 27.4 Å². The molecule has 0 aliphatic heterocycles. The van der Waals surface area contributed by atoms with Crippen LogP contribution in [0.15, 0.2) is 97.6 Å². The Hall–Kier alpha value is -6.38. The Labute approximate surface area is 373 Å². The summed E-state index contributed by atoms with van der Waals surface area (Å²) in [6.07, 6.45) is 6.12. The minimum absolute atomic E-state index is 0.000452. The van der Waals surface area contributed by atoms with Gasteiger partial charge >= 0.3 is 5.97 Å². The zero-order chi connectivity index (χ0) is 44.4. The standard InChI is InChI=1S/C47H40Cl3N5O7/c1-28-34(25-61-43-14-42(59-23-32-10-30(16-51)18-53-20-32)36(12-39(43)48)22-55-47(3,27-56)46(57)58)6-4-8-37(28)38-9-5-7-35(29(38)2)26-62-45-15-44(40(49)13-41(45)50)60-24-33-11-31(17-52)19-54-21-33/h4-15,18-21,55-56H,22-27H2,1-3H3,(H,57,58)/t47-/m1/s1. The lowest BCUT2D eigenvalue weighted by atomic mass is 9.92. The number of carboxylic acid groups (broad SMARTS) is 1. The molecule has 316 valence electrons. The quantitative estimate of drug-likeness (QED) is 0.0745. The second kappa shape index (κ2) is 20.5. The van der Waals surface area contributed by atoms with Crippen molar-refractivity contribution in [2.75, 3.05) is 6.61 Å². The number of benzene rings is 4. The van der Waals surface area contributed by atoms with Crippen molar-refractivity contribution in [1.82, 2.24) is 15.3 Å². The van der Waals surface area contributed by atoms with Crippen LogP contribution in [0.5, 0.6) is 23.0 Å². The number of hydrogen-bond donors (Lipinski definition) is 3. The van der Waals surface area contributed by atoms with Gasteiger partial charge in [-0.15, -0.1) is 0 Å². The highest BCUT2D eigenvalue weighted by Crippen LogP contribution is 2.38. The molecule has 0 bridgehead atoms. The molecule has 2 heterocycles. The van der Waals surface area contributed by atoms with E-state index in [0.717, 1.165) is 33.4 Å². The van der Waals surface area contributed by atoms with E-state index in [1.165, 1.54) is 19.3 Å². The van der Waals surface area contributed by atoms with Gasteiger partial charge < -0.3 is 29.2 Å². The summed E-state index contributed by atoms with van der Waals surface area (Å²) in [5.74, 6) is 0.221. The van der Waals surface area contributed by atoms with Crippen molar-refractivity contribution in [1.29, 1.82) is 10.5 Å². The van der Waals surface area contributed by atoms with E-state index >= 15 is 0 Å². The van der Waals surface area contributed by atoms with E-state index in [-0.39, 0.29) is 38.0 Å². The molecule has 3 N–H and O–H groups in total. The molecule has 2 aromatic heterocycles. The first-order valence-corrected chi connectivity index (χ1v) is 20.2. The number of nitriles is 2. The van der Waals surface area contributed by atoms with Crippen LogP contribution in [-0.4, -0.2) is 38.3 Å². The summed E-state index contributed by atoms with van der Waals surface area (Å²) in [6, 6.07) is 25.9. The van der Waals surface area contributed by atoms with E-state index in [0.29, 0.717) is 60.9 Å². The Bertz CT molecular complexity index is 2700. The van der Waals surface area contributed by atoms with Crippen molar-refractivity contribution in [2.24, 2.45) is 0 Å². The van der Waals surface area contributed by atoms with Crippen LogP contribution in [0.1, 0.15) is 57.0 Å². The van der Waals surface area contributed by atoms with Crippen LogP contribution >= 0.6 is 34.8 Å². The van der Waals surface area contributed by atoms with Gasteiger partial charge in [0.2, 0.25) is 0 Å². The van der Waals surface area contributed by atoms with E-state index in [4.69, 9.17) is 53.8 Å². The van der Waals surface area contributed by atoms with Gasteiger partial charge in [-0.05, 0) is 78.4 Å². The number of aliphatic hydroxyl groups excluding tert-OH is 1. The van der Waals surface area contributed by atoms with Crippen molar-refractivity contribution in [2.45, 2.75) is 59.3 Å². The van der Waals surface area contributed by atoms with Crippen molar-refractivity contribution in [3.05, 3.63) is 163 Å². The summed E-state index contributed by atoms with van der Waals surface area (Å²) in [5.41, 5.74) is 6.89. The lowest BCUT2D eigenvalue weighted by molar-refractivity contribution is -0.145. The Morgan fingerprint density at radius 3 is 1.58 bits per heavy atom. The number of halogens is 3. The largest absolute Gasteiger partial charge is 0.488 e. The molecular weight excluding hydrogens is 853 g/mol. The molecule has 0 aliphatic rings. The molecule has 0 fully saturated rings. The number of rotatable bonds is 18. The van der Waals surface area contributed by atoms with Crippen molar-refractivity contribution in [3.8, 4) is 46.3 Å². The predicted octanol–water partition coefficient (Wildman–Crippen LogP) is 9.71. The molecule has 15 heteroatoms. The van der Waals surface area contributed by atoms with Crippen molar-refractivity contribution in [3.63, 3.8) is 0 Å². The zero-order valence-corrected chi connectivity index (χ0v) is 36.1. The first kappa shape index (κ1) is 45.2. The highest BCUT2D eigenvalue weighted by Gasteiger charge is 2.32. The molecule has 0 radical (unpaired) electrons. The monoisotopic (exact) mass is 891 g/mol. The van der Waals surface area contributed by atoms with E-state index < -0.39 is 18.1 Å². The second-order valence-electron chi connectivity index (χ2n) is 14.5. The molecule has 0 unspecified atom stereocenters. The summed E-state index contributed by atoms with van der Waals surface area (Å²) in [5, 5.41) is 41.8. The average molecular weight is 893 g/mol. The number of carbonyl (C=O) groups is 1. The second-order valence-corrected chi connectivity index (χ2v) is 15.7. The molecule has 1 atom stereocenters.